The van der Waals surface area contributed by atoms with Gasteiger partial charge in [0.15, 0.2) is 0 Å². The molecule has 0 bridgehead atoms. The van der Waals surface area contributed by atoms with Gasteiger partial charge in [0, 0.05) is 18.0 Å². The minimum atomic E-state index is 0.293. The maximum Gasteiger partial charge on any atom is 0.223 e. The van der Waals surface area contributed by atoms with Gasteiger partial charge in [-0.25, -0.2) is 0 Å². The minimum Gasteiger partial charge on any atom is -0.353 e. The van der Waals surface area contributed by atoms with Crippen LogP contribution in [0.15, 0.2) is 0 Å². The molecule has 0 radical (unpaired) electrons. The maximum atomic E-state index is 12.4. The maximum absolute atomic E-state index is 12.4. The third-order valence-corrected chi connectivity index (χ3v) is 5.04. The summed E-state index contributed by atoms with van der Waals surface area (Å²) < 4.78 is 0. The van der Waals surface area contributed by atoms with Gasteiger partial charge in [-0.15, -0.1) is 0 Å². The highest BCUT2D eigenvalue weighted by atomic mass is 16.1. The first-order valence-electron chi connectivity index (χ1n) is 8.83. The smallest absolute Gasteiger partial charge is 0.223 e. The number of carbonyl (C=O) groups excluding carboxylic acids is 1. The van der Waals surface area contributed by atoms with Gasteiger partial charge in [-0.2, -0.15) is 0 Å². The molecular formula is C17H32N2O. The highest BCUT2D eigenvalue weighted by Crippen LogP contribution is 2.24. The Balaban J connectivity index is 1.71. The fourth-order valence-corrected chi connectivity index (χ4v) is 3.77. The van der Waals surface area contributed by atoms with Crippen LogP contribution in [0.4, 0.5) is 0 Å². The molecule has 2 rings (SSSR count). The van der Waals surface area contributed by atoms with Crippen LogP contribution >= 0.6 is 0 Å². The molecule has 0 atom stereocenters. The fraction of sp³-hybridized carbons (Fsp3) is 0.941. The molecule has 0 aromatic carbocycles. The van der Waals surface area contributed by atoms with Crippen LogP contribution in [0, 0.1) is 5.92 Å². The molecule has 3 nitrogen and oxygen atoms in total. The standard InChI is InChI=1S/C17H32N2O/c1-2-18-15-10-12-16(13-11-15)19-17(20)14-8-6-4-3-5-7-9-14/h14-16,18H,2-13H2,1H3,(H,19,20). The molecule has 0 aliphatic heterocycles. The summed E-state index contributed by atoms with van der Waals surface area (Å²) in [4.78, 5) is 12.4. The Labute approximate surface area is 124 Å². The Morgan fingerprint density at radius 2 is 1.40 bits per heavy atom. The van der Waals surface area contributed by atoms with Gasteiger partial charge in [-0.1, -0.05) is 39.0 Å². The highest BCUT2D eigenvalue weighted by molar-refractivity contribution is 5.78. The number of hydrogen-bond acceptors (Lipinski definition) is 2. The fourth-order valence-electron chi connectivity index (χ4n) is 3.77. The van der Waals surface area contributed by atoms with E-state index in [9.17, 15) is 4.79 Å². The Morgan fingerprint density at radius 1 is 0.850 bits per heavy atom. The molecule has 0 aromatic heterocycles. The van der Waals surface area contributed by atoms with Gasteiger partial charge in [0.2, 0.25) is 5.91 Å². The van der Waals surface area contributed by atoms with Crippen molar-refractivity contribution in [3.63, 3.8) is 0 Å². The van der Waals surface area contributed by atoms with Crippen molar-refractivity contribution in [1.82, 2.24) is 10.6 Å². The molecule has 0 saturated heterocycles. The first-order valence-corrected chi connectivity index (χ1v) is 8.83. The van der Waals surface area contributed by atoms with Gasteiger partial charge in [0.25, 0.3) is 0 Å². The zero-order valence-electron chi connectivity index (χ0n) is 13.1. The summed E-state index contributed by atoms with van der Waals surface area (Å²) >= 11 is 0. The van der Waals surface area contributed by atoms with Crippen LogP contribution in [0.2, 0.25) is 0 Å². The van der Waals surface area contributed by atoms with Crippen LogP contribution in [0.5, 0.6) is 0 Å². The van der Waals surface area contributed by atoms with Gasteiger partial charge in [0.1, 0.15) is 0 Å². The zero-order chi connectivity index (χ0) is 14.2. The summed E-state index contributed by atoms with van der Waals surface area (Å²) in [5.74, 6) is 0.639. The number of nitrogens with one attached hydrogen (secondary N) is 2. The number of amides is 1. The summed E-state index contributed by atoms with van der Waals surface area (Å²) in [7, 11) is 0. The molecule has 2 N–H and O–H groups in total. The molecular weight excluding hydrogens is 248 g/mol. The summed E-state index contributed by atoms with van der Waals surface area (Å²) in [6.07, 6.45) is 13.4. The molecule has 2 fully saturated rings. The summed E-state index contributed by atoms with van der Waals surface area (Å²) in [5.41, 5.74) is 0. The number of hydrogen-bond donors (Lipinski definition) is 2. The lowest BCUT2D eigenvalue weighted by Crippen LogP contribution is -2.44. The van der Waals surface area contributed by atoms with Gasteiger partial charge < -0.3 is 10.6 Å². The lowest BCUT2D eigenvalue weighted by molar-refractivity contribution is -0.126. The summed E-state index contributed by atoms with van der Waals surface area (Å²) in [6.45, 7) is 3.23. The molecule has 20 heavy (non-hydrogen) atoms. The Bertz CT molecular complexity index is 277. The lowest BCUT2D eigenvalue weighted by atomic mass is 9.88. The lowest BCUT2D eigenvalue weighted by Gasteiger charge is -2.31. The molecule has 0 aromatic rings. The molecule has 3 heteroatoms. The Morgan fingerprint density at radius 3 is 2.00 bits per heavy atom. The number of carbonyl (C=O) groups is 1. The van der Waals surface area contributed by atoms with Crippen molar-refractivity contribution in [2.45, 2.75) is 89.6 Å². The molecule has 0 unspecified atom stereocenters. The predicted molar refractivity (Wildman–Crippen MR) is 83.7 cm³/mol. The van der Waals surface area contributed by atoms with E-state index in [4.69, 9.17) is 0 Å². The van der Waals surface area contributed by atoms with E-state index >= 15 is 0 Å². The first-order chi connectivity index (χ1) is 9.79. The van der Waals surface area contributed by atoms with Crippen LogP contribution < -0.4 is 10.6 Å². The monoisotopic (exact) mass is 280 g/mol. The third kappa shape index (κ3) is 5.08. The average molecular weight is 280 g/mol. The molecule has 116 valence electrons. The SMILES string of the molecule is CCNC1CCC(NC(=O)C2CCCCCCC2)CC1. The van der Waals surface area contributed by atoms with Crippen LogP contribution in [0.1, 0.15) is 77.6 Å². The Kier molecular flexibility index (Phi) is 6.85. The third-order valence-electron chi connectivity index (χ3n) is 5.04. The van der Waals surface area contributed by atoms with E-state index in [2.05, 4.69) is 17.6 Å². The van der Waals surface area contributed by atoms with Crippen molar-refractivity contribution in [2.24, 2.45) is 5.92 Å². The average Bonchev–Trinajstić information content (AvgIpc) is 2.41. The van der Waals surface area contributed by atoms with E-state index in [0.29, 0.717) is 23.9 Å². The van der Waals surface area contributed by atoms with Crippen LogP contribution in [0.25, 0.3) is 0 Å². The van der Waals surface area contributed by atoms with Crippen molar-refractivity contribution in [3.05, 3.63) is 0 Å². The van der Waals surface area contributed by atoms with Crippen molar-refractivity contribution < 1.29 is 4.79 Å². The predicted octanol–water partition coefficient (Wildman–Crippen LogP) is 3.38. The van der Waals surface area contributed by atoms with E-state index in [1.807, 2.05) is 0 Å². The van der Waals surface area contributed by atoms with Gasteiger partial charge in [-0.3, -0.25) is 4.79 Å². The van der Waals surface area contributed by atoms with E-state index in [1.54, 1.807) is 0 Å². The molecule has 2 aliphatic carbocycles. The normalized spacial score (nSPS) is 29.4. The molecule has 2 saturated carbocycles. The van der Waals surface area contributed by atoms with Crippen LogP contribution in [-0.4, -0.2) is 24.5 Å². The topological polar surface area (TPSA) is 41.1 Å². The molecule has 1 amide bonds. The molecule has 0 heterocycles. The number of rotatable bonds is 4. The highest BCUT2D eigenvalue weighted by Gasteiger charge is 2.25. The Hall–Kier alpha value is -0.570. The van der Waals surface area contributed by atoms with E-state index in [-0.39, 0.29) is 0 Å². The molecule has 2 aliphatic rings. The van der Waals surface area contributed by atoms with Gasteiger partial charge in [0.05, 0.1) is 0 Å². The quantitative estimate of drug-likeness (QED) is 0.829. The van der Waals surface area contributed by atoms with Crippen molar-refractivity contribution >= 4 is 5.91 Å². The van der Waals surface area contributed by atoms with Gasteiger partial charge in [-0.05, 0) is 45.1 Å². The second kappa shape index (κ2) is 8.66. The van der Waals surface area contributed by atoms with Crippen molar-refractivity contribution in [1.29, 1.82) is 0 Å². The van der Waals surface area contributed by atoms with Crippen LogP contribution in [-0.2, 0) is 4.79 Å². The van der Waals surface area contributed by atoms with Crippen LogP contribution in [0.3, 0.4) is 0 Å². The summed E-state index contributed by atoms with van der Waals surface area (Å²) in [6, 6.07) is 1.11. The van der Waals surface area contributed by atoms with E-state index < -0.39 is 0 Å². The minimum absolute atomic E-state index is 0.293. The van der Waals surface area contributed by atoms with E-state index in [0.717, 1.165) is 32.2 Å². The molecule has 0 spiro atoms. The second-order valence-corrected chi connectivity index (χ2v) is 6.66. The van der Waals surface area contributed by atoms with E-state index in [1.165, 1.54) is 44.9 Å². The van der Waals surface area contributed by atoms with Crippen molar-refractivity contribution in [3.8, 4) is 0 Å². The second-order valence-electron chi connectivity index (χ2n) is 6.66. The van der Waals surface area contributed by atoms with Crippen molar-refractivity contribution in [2.75, 3.05) is 6.54 Å². The largest absolute Gasteiger partial charge is 0.353 e. The van der Waals surface area contributed by atoms with Gasteiger partial charge >= 0.3 is 0 Å². The summed E-state index contributed by atoms with van der Waals surface area (Å²) in [5, 5.41) is 6.86. The first kappa shape index (κ1) is 15.8. The zero-order valence-corrected chi connectivity index (χ0v) is 13.1.